The second-order valence-electron chi connectivity index (χ2n) is 5.30. The number of carbonyl (C=O) groups excluding carboxylic acids is 1. The fourth-order valence-electron chi connectivity index (χ4n) is 2.13. The van der Waals surface area contributed by atoms with Crippen LogP contribution in [0.15, 0.2) is 42.5 Å². The molecule has 0 radical (unpaired) electrons. The molecule has 2 aromatic carbocycles. The van der Waals surface area contributed by atoms with Crippen molar-refractivity contribution in [1.82, 2.24) is 0 Å². The number of carbonyl (C=O) groups is 2. The maximum Gasteiger partial charge on any atom is 0.337 e. The molecule has 0 bridgehead atoms. The molecule has 0 aromatic heterocycles. The van der Waals surface area contributed by atoms with Crippen LogP contribution in [0.2, 0.25) is 10.0 Å². The van der Waals surface area contributed by atoms with Gasteiger partial charge in [-0.05, 0) is 49.2 Å². The first-order chi connectivity index (χ1) is 11.3. The van der Waals surface area contributed by atoms with E-state index in [1.807, 2.05) is 0 Å². The van der Waals surface area contributed by atoms with Gasteiger partial charge in [-0.25, -0.2) is 4.79 Å². The Balaban J connectivity index is 2.24. The van der Waals surface area contributed by atoms with E-state index in [-0.39, 0.29) is 11.3 Å². The van der Waals surface area contributed by atoms with Gasteiger partial charge in [0, 0.05) is 6.08 Å². The lowest BCUT2D eigenvalue weighted by atomic mass is 10.1. The zero-order chi connectivity index (χ0) is 17.9. The molecule has 0 aliphatic rings. The number of nitrogens with one attached hydrogen (secondary N) is 1. The quantitative estimate of drug-likeness (QED) is 0.747. The van der Waals surface area contributed by atoms with Gasteiger partial charge in [0.2, 0.25) is 5.91 Å². The first-order valence-electron chi connectivity index (χ1n) is 7.06. The second-order valence-corrected chi connectivity index (χ2v) is 6.11. The number of carboxylic acid groups (broad SMARTS) is 1. The van der Waals surface area contributed by atoms with Gasteiger partial charge in [-0.3, -0.25) is 4.79 Å². The minimum absolute atomic E-state index is 0.0453. The van der Waals surface area contributed by atoms with E-state index in [0.717, 1.165) is 11.1 Å². The van der Waals surface area contributed by atoms with Crippen molar-refractivity contribution in [3.63, 3.8) is 0 Å². The van der Waals surface area contributed by atoms with Crippen LogP contribution in [0.3, 0.4) is 0 Å². The Labute approximate surface area is 149 Å². The molecule has 1 amide bonds. The molecular weight excluding hydrogens is 349 g/mol. The highest BCUT2D eigenvalue weighted by Gasteiger charge is 2.12. The van der Waals surface area contributed by atoms with E-state index in [1.165, 1.54) is 12.1 Å². The summed E-state index contributed by atoms with van der Waals surface area (Å²) in [6.45, 7) is 3.54. The molecule has 0 saturated carbocycles. The van der Waals surface area contributed by atoms with Crippen molar-refractivity contribution in [3.05, 3.63) is 69.2 Å². The number of carboxylic acids is 1. The van der Waals surface area contributed by atoms with Crippen LogP contribution in [0.25, 0.3) is 5.57 Å². The summed E-state index contributed by atoms with van der Waals surface area (Å²) >= 11 is 11.8. The molecule has 0 atom stereocenters. The predicted molar refractivity (Wildman–Crippen MR) is 96.9 cm³/mol. The molecule has 0 aliphatic heterocycles. The van der Waals surface area contributed by atoms with E-state index in [9.17, 15) is 14.7 Å². The molecular formula is C18H15Cl2NO3. The van der Waals surface area contributed by atoms with Gasteiger partial charge in [0.1, 0.15) is 0 Å². The molecule has 2 aromatic rings. The molecule has 2 N–H and O–H groups in total. The number of rotatable bonds is 4. The van der Waals surface area contributed by atoms with Crippen LogP contribution < -0.4 is 5.32 Å². The van der Waals surface area contributed by atoms with Gasteiger partial charge in [-0.2, -0.15) is 0 Å². The van der Waals surface area contributed by atoms with Gasteiger partial charge in [-0.1, -0.05) is 40.9 Å². The highest BCUT2D eigenvalue weighted by molar-refractivity contribution is 6.42. The Kier molecular flexibility index (Phi) is 5.65. The summed E-state index contributed by atoms with van der Waals surface area (Å²) in [5, 5.41) is 12.6. The average Bonchev–Trinajstić information content (AvgIpc) is 2.51. The standard InChI is InChI=1S/C18H15Cl2NO3/c1-10-3-6-16(13(7-10)18(23)24)21-17(22)8-11(2)12-4-5-14(19)15(20)9-12/h3-9H,1-2H3,(H,21,22)(H,23,24)/b11-8-. The summed E-state index contributed by atoms with van der Waals surface area (Å²) < 4.78 is 0. The van der Waals surface area contributed by atoms with E-state index < -0.39 is 11.9 Å². The maximum absolute atomic E-state index is 12.2. The van der Waals surface area contributed by atoms with Crippen LogP contribution in [0.5, 0.6) is 0 Å². The first kappa shape index (κ1) is 18.0. The fourth-order valence-corrected chi connectivity index (χ4v) is 2.43. The molecule has 2 rings (SSSR count). The monoisotopic (exact) mass is 363 g/mol. The van der Waals surface area contributed by atoms with Crippen molar-refractivity contribution in [2.75, 3.05) is 5.32 Å². The van der Waals surface area contributed by atoms with Gasteiger partial charge in [-0.15, -0.1) is 0 Å². The first-order valence-corrected chi connectivity index (χ1v) is 7.82. The Morgan fingerprint density at radius 2 is 1.79 bits per heavy atom. The molecule has 4 nitrogen and oxygen atoms in total. The normalized spacial score (nSPS) is 11.2. The van der Waals surface area contributed by atoms with Gasteiger partial charge in [0.05, 0.1) is 21.3 Å². The molecule has 0 aliphatic carbocycles. The number of hydrogen-bond acceptors (Lipinski definition) is 2. The Bertz CT molecular complexity index is 844. The van der Waals surface area contributed by atoms with Crippen molar-refractivity contribution < 1.29 is 14.7 Å². The third kappa shape index (κ3) is 4.37. The van der Waals surface area contributed by atoms with E-state index in [4.69, 9.17) is 23.2 Å². The second kappa shape index (κ2) is 7.51. The van der Waals surface area contributed by atoms with Crippen LogP contribution in [-0.4, -0.2) is 17.0 Å². The van der Waals surface area contributed by atoms with Crippen molar-refractivity contribution in [2.45, 2.75) is 13.8 Å². The number of anilines is 1. The summed E-state index contributed by atoms with van der Waals surface area (Å²) in [6.07, 6.45) is 1.38. The Morgan fingerprint density at radius 1 is 1.08 bits per heavy atom. The molecule has 0 unspecified atom stereocenters. The lowest BCUT2D eigenvalue weighted by molar-refractivity contribution is -0.111. The SMILES string of the molecule is C/C(=C/C(=O)Nc1ccc(C)cc1C(=O)O)c1ccc(Cl)c(Cl)c1. The van der Waals surface area contributed by atoms with Crippen LogP contribution in [0.1, 0.15) is 28.4 Å². The number of aryl methyl sites for hydroxylation is 1. The molecule has 124 valence electrons. The Morgan fingerprint density at radius 3 is 2.42 bits per heavy atom. The lowest BCUT2D eigenvalue weighted by Crippen LogP contribution is -2.12. The molecule has 6 heteroatoms. The molecule has 0 fully saturated rings. The zero-order valence-electron chi connectivity index (χ0n) is 13.1. The van der Waals surface area contributed by atoms with Crippen LogP contribution >= 0.6 is 23.2 Å². The number of benzene rings is 2. The van der Waals surface area contributed by atoms with Crippen molar-refractivity contribution in [2.24, 2.45) is 0 Å². The van der Waals surface area contributed by atoms with Crippen LogP contribution in [0.4, 0.5) is 5.69 Å². The average molecular weight is 364 g/mol. The fraction of sp³-hybridized carbons (Fsp3) is 0.111. The number of amides is 1. The van der Waals surface area contributed by atoms with E-state index in [0.29, 0.717) is 15.6 Å². The topological polar surface area (TPSA) is 66.4 Å². The Hall–Kier alpha value is -2.30. The summed E-state index contributed by atoms with van der Waals surface area (Å²) in [5.74, 6) is -1.52. The summed E-state index contributed by atoms with van der Waals surface area (Å²) in [5.41, 5.74) is 2.52. The van der Waals surface area contributed by atoms with Crippen LogP contribution in [0, 0.1) is 6.92 Å². The summed E-state index contributed by atoms with van der Waals surface area (Å²) in [7, 11) is 0. The third-order valence-electron chi connectivity index (χ3n) is 3.39. The van der Waals surface area contributed by atoms with Gasteiger partial charge in [0.25, 0.3) is 0 Å². The minimum atomic E-state index is -1.10. The highest BCUT2D eigenvalue weighted by Crippen LogP contribution is 2.26. The van der Waals surface area contributed by atoms with Gasteiger partial charge >= 0.3 is 5.97 Å². The maximum atomic E-state index is 12.2. The number of hydrogen-bond donors (Lipinski definition) is 2. The van der Waals surface area contributed by atoms with Crippen molar-refractivity contribution in [3.8, 4) is 0 Å². The van der Waals surface area contributed by atoms with E-state index in [2.05, 4.69) is 5.32 Å². The predicted octanol–water partition coefficient (Wildman–Crippen LogP) is 5.04. The molecule has 0 spiro atoms. The van der Waals surface area contributed by atoms with Gasteiger partial charge in [0.15, 0.2) is 0 Å². The third-order valence-corrected chi connectivity index (χ3v) is 4.12. The smallest absolute Gasteiger partial charge is 0.337 e. The summed E-state index contributed by atoms with van der Waals surface area (Å²) in [6, 6.07) is 9.88. The minimum Gasteiger partial charge on any atom is -0.478 e. The van der Waals surface area contributed by atoms with Crippen LogP contribution in [-0.2, 0) is 4.79 Å². The zero-order valence-corrected chi connectivity index (χ0v) is 14.6. The number of halogens is 2. The van der Waals surface area contributed by atoms with Gasteiger partial charge < -0.3 is 10.4 Å². The highest BCUT2D eigenvalue weighted by atomic mass is 35.5. The number of allylic oxidation sites excluding steroid dienone is 1. The lowest BCUT2D eigenvalue weighted by Gasteiger charge is -2.09. The molecule has 0 heterocycles. The van der Waals surface area contributed by atoms with E-state index >= 15 is 0 Å². The number of aromatic carboxylic acids is 1. The summed E-state index contributed by atoms with van der Waals surface area (Å²) in [4.78, 5) is 23.4. The molecule has 0 saturated heterocycles. The van der Waals surface area contributed by atoms with Crippen molar-refractivity contribution >= 4 is 46.3 Å². The van der Waals surface area contributed by atoms with Crippen molar-refractivity contribution in [1.29, 1.82) is 0 Å². The largest absolute Gasteiger partial charge is 0.478 e. The molecule has 24 heavy (non-hydrogen) atoms. The van der Waals surface area contributed by atoms with E-state index in [1.54, 1.807) is 44.2 Å².